The first-order valence-corrected chi connectivity index (χ1v) is 1.87. The van der Waals surface area contributed by atoms with Gasteiger partial charge in [-0.05, 0) is 0 Å². The second-order valence-electron chi connectivity index (χ2n) is 1.28. The maximum Gasteiger partial charge on any atom is 0.241 e. The van der Waals surface area contributed by atoms with Gasteiger partial charge in [0.05, 0.1) is 7.05 Å². The lowest BCUT2D eigenvalue weighted by Gasteiger charge is -1.66. The van der Waals surface area contributed by atoms with Crippen LogP contribution in [0.25, 0.3) is 0 Å². The fourth-order valence-electron chi connectivity index (χ4n) is 0.364. The Balaban J connectivity index is 0.000000360. The van der Waals surface area contributed by atoms with Crippen molar-refractivity contribution in [2.24, 2.45) is 7.05 Å². The molecule has 0 unspecified atom stereocenters. The Hall–Kier alpha value is -0.830. The van der Waals surface area contributed by atoms with Gasteiger partial charge in [-0.15, -0.1) is 0 Å². The van der Waals surface area contributed by atoms with Gasteiger partial charge in [-0.3, -0.25) is 4.98 Å². The third kappa shape index (κ3) is 1.36. The summed E-state index contributed by atoms with van der Waals surface area (Å²) in [5, 5.41) is 0. The second kappa shape index (κ2) is 2.36. The first kappa shape index (κ1) is 6.17. The van der Waals surface area contributed by atoms with Gasteiger partial charge in [0.25, 0.3) is 0 Å². The molecule has 0 aliphatic rings. The van der Waals surface area contributed by atoms with Crippen LogP contribution < -0.4 is 4.57 Å². The molecule has 0 aliphatic carbocycles. The zero-order chi connectivity index (χ0) is 4.41. The highest BCUT2D eigenvalue weighted by Crippen LogP contribution is 1.59. The van der Waals surface area contributed by atoms with E-state index in [0.29, 0.717) is 0 Å². The molecule has 40 valence electrons. The van der Waals surface area contributed by atoms with Crippen molar-refractivity contribution in [3.8, 4) is 0 Å². The zero-order valence-electron chi connectivity index (χ0n) is 4.18. The third-order valence-corrected chi connectivity index (χ3v) is 0.684. The molecule has 1 aromatic rings. The van der Waals surface area contributed by atoms with E-state index in [1.807, 2.05) is 30.3 Å². The van der Waals surface area contributed by atoms with E-state index in [2.05, 4.69) is 4.98 Å². The summed E-state index contributed by atoms with van der Waals surface area (Å²) in [7, 11) is 1.97. The predicted octanol–water partition coefficient (Wildman–Crippen LogP) is -0.986. The van der Waals surface area contributed by atoms with Crippen LogP contribution in [0.3, 0.4) is 0 Å². The molecule has 0 spiro atoms. The number of aromatic nitrogens is 2. The van der Waals surface area contributed by atoms with E-state index in [1.54, 1.807) is 0 Å². The molecule has 0 fully saturated rings. The monoisotopic (exact) mass is 101 g/mol. The van der Waals surface area contributed by atoms with Crippen molar-refractivity contribution < 1.29 is 10.0 Å². The molecule has 0 saturated carbocycles. The fraction of sp³-hybridized carbons (Fsp3) is 0.250. The number of nitrogens with zero attached hydrogens (tertiary/aromatic N) is 1. The van der Waals surface area contributed by atoms with Crippen molar-refractivity contribution in [2.45, 2.75) is 0 Å². The van der Waals surface area contributed by atoms with Gasteiger partial charge in [-0.2, -0.15) is 0 Å². The highest BCUT2D eigenvalue weighted by molar-refractivity contribution is 4.54. The smallest absolute Gasteiger partial charge is 0.241 e. The molecule has 1 heterocycles. The third-order valence-electron chi connectivity index (χ3n) is 0.684. The normalized spacial score (nSPS) is 7.57. The topological polar surface area (TPSA) is 51.2 Å². The van der Waals surface area contributed by atoms with Gasteiger partial charge in [-0.1, -0.05) is 0 Å². The summed E-state index contributed by atoms with van der Waals surface area (Å²) in [6.07, 6.45) is 5.69. The van der Waals surface area contributed by atoms with Crippen LogP contribution in [-0.4, -0.2) is 10.5 Å². The van der Waals surface area contributed by atoms with Crippen LogP contribution >= 0.6 is 0 Å². The standard InChI is InChI=1S/C4H6N2.H2O/c1-6-3-2-5-4-6;/h2-4H,1H3;1H2/p+1. The summed E-state index contributed by atoms with van der Waals surface area (Å²) < 4.78 is 1.94. The molecule has 0 bridgehead atoms. The number of nitrogens with one attached hydrogen (secondary N) is 1. The van der Waals surface area contributed by atoms with E-state index in [9.17, 15) is 0 Å². The Bertz CT molecular complexity index is 113. The summed E-state index contributed by atoms with van der Waals surface area (Å²) in [5.41, 5.74) is 0. The number of imidazole rings is 1. The van der Waals surface area contributed by atoms with E-state index < -0.39 is 0 Å². The summed E-state index contributed by atoms with van der Waals surface area (Å²) in [6, 6.07) is 0. The van der Waals surface area contributed by atoms with E-state index in [4.69, 9.17) is 0 Å². The molecular formula is C4H9N2O+. The zero-order valence-corrected chi connectivity index (χ0v) is 4.18. The van der Waals surface area contributed by atoms with E-state index in [-0.39, 0.29) is 5.48 Å². The van der Waals surface area contributed by atoms with Crippen LogP contribution in [0.1, 0.15) is 0 Å². The van der Waals surface area contributed by atoms with Gasteiger partial charge in [-0.25, -0.2) is 4.57 Å². The number of aryl methyl sites for hydroxylation is 1. The molecule has 0 aromatic carbocycles. The first-order valence-electron chi connectivity index (χ1n) is 1.87. The van der Waals surface area contributed by atoms with Crippen molar-refractivity contribution in [1.29, 1.82) is 0 Å². The van der Waals surface area contributed by atoms with Gasteiger partial charge in [0.15, 0.2) is 0 Å². The molecular weight excluding hydrogens is 92.1 g/mol. The molecule has 0 amide bonds. The van der Waals surface area contributed by atoms with Crippen LogP contribution in [0.2, 0.25) is 0 Å². The molecule has 0 radical (unpaired) electrons. The van der Waals surface area contributed by atoms with Crippen LogP contribution in [-0.2, 0) is 7.05 Å². The average molecular weight is 101 g/mol. The number of hydrogen-bond acceptors (Lipinski definition) is 0. The molecule has 0 atom stereocenters. The molecule has 7 heavy (non-hydrogen) atoms. The van der Waals surface area contributed by atoms with E-state index in [1.165, 1.54) is 0 Å². The summed E-state index contributed by atoms with van der Waals surface area (Å²) >= 11 is 0. The van der Waals surface area contributed by atoms with Crippen LogP contribution in [0, 0.1) is 0 Å². The predicted molar refractivity (Wildman–Crippen MR) is 25.6 cm³/mol. The lowest BCUT2D eigenvalue weighted by molar-refractivity contribution is -0.670. The number of rotatable bonds is 0. The number of aromatic amines is 1. The number of H-pyrrole nitrogens is 1. The SMILES string of the molecule is C[n+]1cc[nH]c1.O. The first-order chi connectivity index (χ1) is 2.89. The van der Waals surface area contributed by atoms with Gasteiger partial charge >= 0.3 is 0 Å². The van der Waals surface area contributed by atoms with Gasteiger partial charge in [0, 0.05) is 0 Å². The Kier molecular flexibility index (Phi) is 2.08. The molecule has 3 N–H and O–H groups in total. The van der Waals surface area contributed by atoms with Crippen LogP contribution in [0.4, 0.5) is 0 Å². The van der Waals surface area contributed by atoms with Crippen molar-refractivity contribution in [3.63, 3.8) is 0 Å². The highest BCUT2D eigenvalue weighted by Gasteiger charge is 1.78. The van der Waals surface area contributed by atoms with Crippen molar-refractivity contribution in [2.75, 3.05) is 0 Å². The van der Waals surface area contributed by atoms with Gasteiger partial charge in [0.1, 0.15) is 12.4 Å². The summed E-state index contributed by atoms with van der Waals surface area (Å²) in [5.74, 6) is 0. The summed E-state index contributed by atoms with van der Waals surface area (Å²) in [4.78, 5) is 2.89. The number of hydrogen-bond donors (Lipinski definition) is 1. The van der Waals surface area contributed by atoms with Crippen LogP contribution in [0.5, 0.6) is 0 Å². The fourth-order valence-corrected chi connectivity index (χ4v) is 0.364. The Morgan fingerprint density at radius 2 is 2.29 bits per heavy atom. The van der Waals surface area contributed by atoms with Crippen LogP contribution in [0.15, 0.2) is 18.7 Å². The van der Waals surface area contributed by atoms with Crippen molar-refractivity contribution >= 4 is 0 Å². The van der Waals surface area contributed by atoms with Gasteiger partial charge in [0.2, 0.25) is 6.33 Å². The Morgan fingerprint density at radius 3 is 2.43 bits per heavy atom. The molecule has 0 saturated heterocycles. The maximum absolute atomic E-state index is 2.89. The quantitative estimate of drug-likeness (QED) is 0.408. The molecule has 0 aliphatic heterocycles. The minimum atomic E-state index is 0. The maximum atomic E-state index is 2.89. The minimum absolute atomic E-state index is 0. The Morgan fingerprint density at radius 1 is 1.57 bits per heavy atom. The van der Waals surface area contributed by atoms with Crippen molar-refractivity contribution in [3.05, 3.63) is 18.7 Å². The van der Waals surface area contributed by atoms with E-state index in [0.717, 1.165) is 0 Å². The minimum Gasteiger partial charge on any atom is -0.412 e. The largest absolute Gasteiger partial charge is 0.412 e. The Labute approximate surface area is 41.9 Å². The average Bonchev–Trinajstić information content (AvgIpc) is 1.86. The molecule has 3 nitrogen and oxygen atoms in total. The van der Waals surface area contributed by atoms with Gasteiger partial charge < -0.3 is 5.48 Å². The second-order valence-corrected chi connectivity index (χ2v) is 1.28. The van der Waals surface area contributed by atoms with E-state index >= 15 is 0 Å². The summed E-state index contributed by atoms with van der Waals surface area (Å²) in [6.45, 7) is 0. The molecule has 3 heteroatoms. The molecule has 1 rings (SSSR count). The highest BCUT2D eigenvalue weighted by atomic mass is 16.0. The lowest BCUT2D eigenvalue weighted by Crippen LogP contribution is -2.22. The molecule has 1 aromatic heterocycles. The van der Waals surface area contributed by atoms with Crippen molar-refractivity contribution in [1.82, 2.24) is 4.98 Å². The lowest BCUT2D eigenvalue weighted by atomic mass is 10.9.